The molecule has 0 aliphatic rings. The number of benzene rings is 7. The molecule has 0 aromatic heterocycles. The van der Waals surface area contributed by atoms with Crippen molar-refractivity contribution in [3.8, 4) is 22.3 Å². The molecule has 1 N–H and O–H groups in total. The normalized spacial score (nSPS) is 11.8. The van der Waals surface area contributed by atoms with Gasteiger partial charge in [0.15, 0.2) is 0 Å². The standard InChI is InChI=1S/C40H33N/c1-40(2,3)30-20-24-39(41-31-21-17-28(18-22-31)27-11-5-4-6-12-27)37(26-30)29-19-23-36-34-15-8-7-13-32(34)33-14-9-10-16-35(33)38(36)25-29/h4-26,41H,1-3H3. The van der Waals surface area contributed by atoms with Crippen LogP contribution < -0.4 is 5.32 Å². The van der Waals surface area contributed by atoms with Gasteiger partial charge < -0.3 is 5.32 Å². The van der Waals surface area contributed by atoms with Crippen LogP contribution in [0.1, 0.15) is 26.3 Å². The Morgan fingerprint density at radius 1 is 0.415 bits per heavy atom. The molecule has 41 heavy (non-hydrogen) atoms. The van der Waals surface area contributed by atoms with E-state index in [1.807, 2.05) is 0 Å². The number of rotatable bonds is 4. The zero-order valence-electron chi connectivity index (χ0n) is 23.8. The molecule has 0 radical (unpaired) electrons. The molecular formula is C40H33N. The Bertz CT molecular complexity index is 1990. The van der Waals surface area contributed by atoms with Crippen LogP contribution in [0.15, 0.2) is 140 Å². The van der Waals surface area contributed by atoms with E-state index in [2.05, 4.69) is 166 Å². The summed E-state index contributed by atoms with van der Waals surface area (Å²) in [5, 5.41) is 11.5. The Kier molecular flexibility index (Phi) is 6.09. The van der Waals surface area contributed by atoms with Gasteiger partial charge in [0.05, 0.1) is 0 Å². The van der Waals surface area contributed by atoms with E-state index in [9.17, 15) is 0 Å². The molecule has 0 spiro atoms. The minimum atomic E-state index is 0.0460. The number of hydrogen-bond donors (Lipinski definition) is 1. The van der Waals surface area contributed by atoms with E-state index in [-0.39, 0.29) is 5.41 Å². The highest BCUT2D eigenvalue weighted by Crippen LogP contribution is 2.40. The molecule has 0 aliphatic heterocycles. The van der Waals surface area contributed by atoms with Gasteiger partial charge >= 0.3 is 0 Å². The lowest BCUT2D eigenvalue weighted by molar-refractivity contribution is 0.590. The van der Waals surface area contributed by atoms with Crippen LogP contribution >= 0.6 is 0 Å². The summed E-state index contributed by atoms with van der Waals surface area (Å²) in [6.45, 7) is 6.84. The van der Waals surface area contributed by atoms with E-state index in [0.717, 1.165) is 11.4 Å². The number of fused-ring (bicyclic) bond motifs is 6. The fourth-order valence-corrected chi connectivity index (χ4v) is 5.97. The van der Waals surface area contributed by atoms with Gasteiger partial charge in [-0.15, -0.1) is 0 Å². The van der Waals surface area contributed by atoms with E-state index in [4.69, 9.17) is 0 Å². The SMILES string of the molecule is CC(C)(C)c1ccc(Nc2ccc(-c3ccccc3)cc2)c(-c2ccc3c4ccccc4c4ccccc4c3c2)c1. The molecule has 198 valence electrons. The monoisotopic (exact) mass is 527 g/mol. The first-order chi connectivity index (χ1) is 20.0. The molecule has 7 rings (SSSR count). The molecule has 0 amide bonds. The van der Waals surface area contributed by atoms with Gasteiger partial charge in [-0.3, -0.25) is 0 Å². The molecule has 0 atom stereocenters. The van der Waals surface area contributed by atoms with E-state index < -0.39 is 0 Å². The number of nitrogens with one attached hydrogen (secondary N) is 1. The molecule has 0 unspecified atom stereocenters. The maximum atomic E-state index is 3.74. The van der Waals surface area contributed by atoms with Gasteiger partial charge in [-0.2, -0.15) is 0 Å². The summed E-state index contributed by atoms with van der Waals surface area (Å²) in [6.07, 6.45) is 0. The zero-order chi connectivity index (χ0) is 28.0. The molecule has 0 aliphatic carbocycles. The second-order valence-electron chi connectivity index (χ2n) is 11.9. The van der Waals surface area contributed by atoms with Crippen LogP contribution in [0.3, 0.4) is 0 Å². The van der Waals surface area contributed by atoms with E-state index >= 15 is 0 Å². The molecule has 7 aromatic carbocycles. The van der Waals surface area contributed by atoms with Gasteiger partial charge in [-0.25, -0.2) is 0 Å². The molecule has 0 bridgehead atoms. The Morgan fingerprint density at radius 2 is 0.927 bits per heavy atom. The fraction of sp³-hybridized carbons (Fsp3) is 0.100. The van der Waals surface area contributed by atoms with Crippen LogP contribution in [0.5, 0.6) is 0 Å². The summed E-state index contributed by atoms with van der Waals surface area (Å²) in [4.78, 5) is 0. The van der Waals surface area contributed by atoms with Crippen LogP contribution in [0.4, 0.5) is 11.4 Å². The second kappa shape index (κ2) is 9.94. The summed E-state index contributed by atoms with van der Waals surface area (Å²) in [5.74, 6) is 0. The van der Waals surface area contributed by atoms with Crippen molar-refractivity contribution in [2.24, 2.45) is 0 Å². The van der Waals surface area contributed by atoms with Crippen LogP contribution in [-0.2, 0) is 5.41 Å². The smallest absolute Gasteiger partial charge is 0.0464 e. The van der Waals surface area contributed by atoms with E-state index in [0.29, 0.717) is 0 Å². The van der Waals surface area contributed by atoms with Crippen molar-refractivity contribution in [1.82, 2.24) is 0 Å². The second-order valence-corrected chi connectivity index (χ2v) is 11.9. The van der Waals surface area contributed by atoms with Gasteiger partial charge in [-0.05, 0) is 90.3 Å². The lowest BCUT2D eigenvalue weighted by Crippen LogP contribution is -2.11. The molecule has 7 aromatic rings. The number of hydrogen-bond acceptors (Lipinski definition) is 1. The Hall–Kier alpha value is -4.88. The van der Waals surface area contributed by atoms with E-state index in [1.54, 1.807) is 0 Å². The lowest BCUT2D eigenvalue weighted by Gasteiger charge is -2.22. The topological polar surface area (TPSA) is 12.0 Å². The third-order valence-electron chi connectivity index (χ3n) is 8.21. The van der Waals surface area contributed by atoms with Crippen molar-refractivity contribution in [3.05, 3.63) is 145 Å². The average Bonchev–Trinajstić information content (AvgIpc) is 3.01. The minimum Gasteiger partial charge on any atom is -0.355 e. The van der Waals surface area contributed by atoms with Gasteiger partial charge in [0.2, 0.25) is 0 Å². The number of anilines is 2. The third kappa shape index (κ3) is 4.64. The summed E-state index contributed by atoms with van der Waals surface area (Å²) < 4.78 is 0. The molecule has 0 fully saturated rings. The summed E-state index contributed by atoms with van der Waals surface area (Å²) >= 11 is 0. The maximum Gasteiger partial charge on any atom is 0.0464 e. The third-order valence-corrected chi connectivity index (χ3v) is 8.21. The van der Waals surface area contributed by atoms with Crippen LogP contribution in [0, 0.1) is 0 Å². The zero-order valence-corrected chi connectivity index (χ0v) is 23.8. The highest BCUT2D eigenvalue weighted by molar-refractivity contribution is 6.25. The largest absolute Gasteiger partial charge is 0.355 e. The van der Waals surface area contributed by atoms with Crippen LogP contribution in [-0.4, -0.2) is 0 Å². The van der Waals surface area contributed by atoms with E-state index in [1.165, 1.54) is 60.1 Å². The molecule has 1 nitrogen and oxygen atoms in total. The van der Waals surface area contributed by atoms with Crippen molar-refractivity contribution in [2.75, 3.05) is 5.32 Å². The van der Waals surface area contributed by atoms with Gasteiger partial charge in [0.1, 0.15) is 0 Å². The molecule has 0 heterocycles. The summed E-state index contributed by atoms with van der Waals surface area (Å²) in [5.41, 5.74) is 8.42. The van der Waals surface area contributed by atoms with Crippen LogP contribution in [0.2, 0.25) is 0 Å². The van der Waals surface area contributed by atoms with Crippen molar-refractivity contribution >= 4 is 43.7 Å². The maximum absolute atomic E-state index is 3.74. The molecular weight excluding hydrogens is 494 g/mol. The fourth-order valence-electron chi connectivity index (χ4n) is 5.97. The molecule has 1 heteroatoms. The first-order valence-corrected chi connectivity index (χ1v) is 14.4. The Labute approximate surface area is 242 Å². The van der Waals surface area contributed by atoms with Crippen molar-refractivity contribution < 1.29 is 0 Å². The van der Waals surface area contributed by atoms with Crippen molar-refractivity contribution in [3.63, 3.8) is 0 Å². The molecule has 0 saturated heterocycles. The highest BCUT2D eigenvalue weighted by Gasteiger charge is 2.18. The van der Waals surface area contributed by atoms with Gasteiger partial charge in [0.25, 0.3) is 0 Å². The summed E-state index contributed by atoms with van der Waals surface area (Å²) in [7, 11) is 0. The van der Waals surface area contributed by atoms with Gasteiger partial charge in [-0.1, -0.05) is 130 Å². The quantitative estimate of drug-likeness (QED) is 0.224. The Balaban J connectivity index is 1.37. The minimum absolute atomic E-state index is 0.0460. The predicted molar refractivity (Wildman–Crippen MR) is 178 cm³/mol. The van der Waals surface area contributed by atoms with Crippen LogP contribution in [0.25, 0.3) is 54.6 Å². The first-order valence-electron chi connectivity index (χ1n) is 14.4. The lowest BCUT2D eigenvalue weighted by atomic mass is 9.84. The summed E-state index contributed by atoms with van der Waals surface area (Å²) in [6, 6.07) is 50.6. The van der Waals surface area contributed by atoms with Crippen molar-refractivity contribution in [1.29, 1.82) is 0 Å². The highest BCUT2D eigenvalue weighted by atomic mass is 14.9. The Morgan fingerprint density at radius 3 is 1.54 bits per heavy atom. The first kappa shape index (κ1) is 25.1. The van der Waals surface area contributed by atoms with Crippen molar-refractivity contribution in [2.45, 2.75) is 26.2 Å². The van der Waals surface area contributed by atoms with Gasteiger partial charge in [0, 0.05) is 16.9 Å². The molecule has 0 saturated carbocycles. The predicted octanol–water partition coefficient (Wildman–Crippen LogP) is 11.5. The average molecular weight is 528 g/mol.